The average molecular weight is 1110 g/mol. The van der Waals surface area contributed by atoms with Gasteiger partial charge in [-0.25, -0.2) is 34.9 Å². The van der Waals surface area contributed by atoms with Crippen LogP contribution in [0.25, 0.3) is 55.2 Å². The molecule has 75 heavy (non-hydrogen) atoms. The molecule has 0 aliphatic carbocycles. The van der Waals surface area contributed by atoms with Gasteiger partial charge in [-0.2, -0.15) is 0 Å². The lowest BCUT2D eigenvalue weighted by molar-refractivity contribution is 0.399. The average Bonchev–Trinajstić information content (AvgIpc) is 4.15. The first-order valence-electron chi connectivity index (χ1n) is 24.3. The van der Waals surface area contributed by atoms with Gasteiger partial charge in [0.2, 0.25) is 5.88 Å². The van der Waals surface area contributed by atoms with Crippen molar-refractivity contribution in [3.8, 4) is 5.88 Å². The van der Waals surface area contributed by atoms with Crippen LogP contribution in [0.4, 0.5) is 11.4 Å². The largest absolute Gasteiger partial charge is 0.480 e. The SMILES string of the molecule is C.C.CC(C)(C)n1ccc2c(Cl)ccnc21.CC(C)(C)n1ccc2c(N)ccnc21.CNc1ccnc2c1ccn2C(C)(C)C.COc1ncnc2c1ccn2C(C)(C)C.Cc1ncnc2c1c(Br)cn2C(C)(C)C. The number of hydrogen-bond donors (Lipinski definition) is 2. The Balaban J connectivity index is 0.000000202. The van der Waals surface area contributed by atoms with Crippen LogP contribution >= 0.6 is 27.5 Å². The molecule has 3 N–H and O–H groups in total. The second-order valence-corrected chi connectivity index (χ2v) is 24.0. The lowest BCUT2D eigenvalue weighted by Gasteiger charge is -2.22. The fourth-order valence-electron chi connectivity index (χ4n) is 8.25. The van der Waals surface area contributed by atoms with Crippen LogP contribution in [0.3, 0.4) is 0 Å². The lowest BCUT2D eigenvalue weighted by atomic mass is 10.1. The number of ether oxygens (including phenoxy) is 1. The fourth-order valence-corrected chi connectivity index (χ4v) is 9.12. The van der Waals surface area contributed by atoms with Gasteiger partial charge in [-0.1, -0.05) is 26.5 Å². The first kappa shape index (κ1) is 61.0. The van der Waals surface area contributed by atoms with Gasteiger partial charge in [-0.15, -0.1) is 0 Å². The third-order valence-electron chi connectivity index (χ3n) is 12.0. The van der Waals surface area contributed by atoms with E-state index in [9.17, 15) is 0 Å². The number of nitrogens with one attached hydrogen (secondary N) is 1. The minimum atomic E-state index is 0. The second kappa shape index (κ2) is 23.6. The molecule has 0 amide bonds. The number of methoxy groups -OCH3 is 1. The molecule has 0 saturated carbocycles. The van der Waals surface area contributed by atoms with Crippen molar-refractivity contribution >= 4 is 94.1 Å². The van der Waals surface area contributed by atoms with Crippen molar-refractivity contribution in [1.29, 1.82) is 0 Å². The van der Waals surface area contributed by atoms with E-state index in [2.05, 4.69) is 201 Å². The molecule has 0 spiro atoms. The number of nitrogen functional groups attached to an aromatic ring is 1. The van der Waals surface area contributed by atoms with E-state index in [1.165, 1.54) is 11.7 Å². The van der Waals surface area contributed by atoms with Crippen LogP contribution in [0.5, 0.6) is 5.88 Å². The Labute approximate surface area is 458 Å². The summed E-state index contributed by atoms with van der Waals surface area (Å²) < 4.78 is 17.0. The summed E-state index contributed by atoms with van der Waals surface area (Å²) in [6, 6.07) is 13.8. The van der Waals surface area contributed by atoms with E-state index in [0.29, 0.717) is 5.88 Å². The molecule has 10 aromatic heterocycles. The topological polar surface area (TPSA) is 162 Å². The molecule has 0 radical (unpaired) electrons. The van der Waals surface area contributed by atoms with Gasteiger partial charge < -0.3 is 38.6 Å². The monoisotopic (exact) mass is 1100 g/mol. The molecule has 0 unspecified atom stereocenters. The predicted octanol–water partition coefficient (Wildman–Crippen LogP) is 15.4. The molecule has 404 valence electrons. The van der Waals surface area contributed by atoms with Crippen molar-refractivity contribution in [2.45, 2.75) is 153 Å². The third kappa shape index (κ3) is 13.7. The minimum absolute atomic E-state index is 0. The second-order valence-electron chi connectivity index (χ2n) is 22.7. The molecular weight excluding hydrogens is 1020 g/mol. The summed E-state index contributed by atoms with van der Waals surface area (Å²) in [5.74, 6) is 0.628. The summed E-state index contributed by atoms with van der Waals surface area (Å²) in [5.41, 5.74) is 13.8. The van der Waals surface area contributed by atoms with Crippen molar-refractivity contribution in [2.75, 3.05) is 25.2 Å². The van der Waals surface area contributed by atoms with Crippen molar-refractivity contribution in [3.05, 3.63) is 120 Å². The molecule has 15 nitrogen and oxygen atoms in total. The Morgan fingerprint density at radius 1 is 0.507 bits per heavy atom. The van der Waals surface area contributed by atoms with E-state index in [1.54, 1.807) is 25.8 Å². The Kier molecular flexibility index (Phi) is 19.2. The van der Waals surface area contributed by atoms with E-state index in [0.717, 1.165) is 76.3 Å². The Morgan fingerprint density at radius 3 is 1.40 bits per heavy atom. The van der Waals surface area contributed by atoms with Crippen LogP contribution in [0.2, 0.25) is 5.02 Å². The molecule has 0 aliphatic rings. The maximum Gasteiger partial charge on any atom is 0.225 e. The maximum absolute atomic E-state index is 6.07. The highest BCUT2D eigenvalue weighted by atomic mass is 79.9. The van der Waals surface area contributed by atoms with Crippen molar-refractivity contribution in [1.82, 2.24) is 57.7 Å². The van der Waals surface area contributed by atoms with Crippen molar-refractivity contribution in [2.24, 2.45) is 0 Å². The van der Waals surface area contributed by atoms with Crippen LogP contribution in [0.15, 0.2) is 109 Å². The van der Waals surface area contributed by atoms with Crippen LogP contribution in [0, 0.1) is 6.92 Å². The Morgan fingerprint density at radius 2 is 0.907 bits per heavy atom. The van der Waals surface area contributed by atoms with Crippen molar-refractivity contribution in [3.63, 3.8) is 0 Å². The smallest absolute Gasteiger partial charge is 0.225 e. The summed E-state index contributed by atoms with van der Waals surface area (Å²) in [5, 5.41) is 9.22. The van der Waals surface area contributed by atoms with E-state index in [1.807, 2.05) is 75.2 Å². The number of nitrogens with zero attached hydrogens (tertiary/aromatic N) is 12. The van der Waals surface area contributed by atoms with Crippen LogP contribution in [0.1, 0.15) is 124 Å². The number of rotatable bonds is 2. The molecule has 0 saturated heterocycles. The number of anilines is 2. The zero-order valence-electron chi connectivity index (χ0n) is 45.9. The number of aromatic nitrogens is 12. The van der Waals surface area contributed by atoms with Gasteiger partial charge in [0.05, 0.1) is 28.6 Å². The molecule has 0 aromatic carbocycles. The molecule has 10 rings (SSSR count). The Bertz CT molecular complexity index is 3290. The van der Waals surface area contributed by atoms with Gasteiger partial charge >= 0.3 is 0 Å². The highest BCUT2D eigenvalue weighted by molar-refractivity contribution is 9.10. The number of pyridine rings is 3. The van der Waals surface area contributed by atoms with Crippen LogP contribution < -0.4 is 15.8 Å². The van der Waals surface area contributed by atoms with E-state index in [4.69, 9.17) is 22.1 Å². The van der Waals surface area contributed by atoms with Crippen molar-refractivity contribution < 1.29 is 4.74 Å². The summed E-state index contributed by atoms with van der Waals surface area (Å²) in [6.07, 6.45) is 18.7. The first-order chi connectivity index (χ1) is 34.0. The number of hydrogen-bond acceptors (Lipinski definition) is 10. The highest BCUT2D eigenvalue weighted by Gasteiger charge is 2.22. The summed E-state index contributed by atoms with van der Waals surface area (Å²) >= 11 is 9.63. The zero-order chi connectivity index (χ0) is 54.0. The molecule has 10 heterocycles. The maximum atomic E-state index is 6.07. The minimum Gasteiger partial charge on any atom is -0.480 e. The molecule has 0 fully saturated rings. The summed E-state index contributed by atoms with van der Waals surface area (Å²) in [7, 11) is 3.55. The van der Waals surface area contributed by atoms with Gasteiger partial charge in [0.25, 0.3) is 0 Å². The number of aryl methyl sites for hydroxylation is 1. The van der Waals surface area contributed by atoms with E-state index in [-0.39, 0.29) is 42.5 Å². The normalized spacial score (nSPS) is 11.8. The molecule has 0 atom stereocenters. The van der Waals surface area contributed by atoms with Gasteiger partial charge in [-0.05, 0) is 169 Å². The number of nitrogens with two attached hydrogens (primary N) is 1. The molecule has 0 aliphatic heterocycles. The lowest BCUT2D eigenvalue weighted by Crippen LogP contribution is -2.20. The summed E-state index contributed by atoms with van der Waals surface area (Å²) in [4.78, 5) is 30.1. The van der Waals surface area contributed by atoms with E-state index < -0.39 is 0 Å². The van der Waals surface area contributed by atoms with Gasteiger partial charge in [0, 0.05) is 116 Å². The molecule has 17 heteroatoms. The summed E-state index contributed by atoms with van der Waals surface area (Å²) in [6.45, 7) is 34.3. The van der Waals surface area contributed by atoms with Gasteiger partial charge in [-0.3, -0.25) is 0 Å². The van der Waals surface area contributed by atoms with Gasteiger partial charge in [0.15, 0.2) is 0 Å². The third-order valence-corrected chi connectivity index (χ3v) is 12.9. The standard InChI is InChI=1S/C12H17N3.C11H14BrN3.C11H13ClN2.C11H15N3O.C11H15N3.2CH4/c1-12(2,3)15-8-6-9-10(13-4)5-7-14-11(9)15;1-7-9-8(12)5-15(11(2,3)4)10(9)14-6-13-7;1-11(2,3)14-7-5-8-9(12)4-6-13-10(8)14;1-11(2,3)14-6-5-8-9(14)12-7-13-10(8)15-4;1-11(2,3)14-7-5-8-9(12)4-6-13-10(8)14;;/h5-8H,1-4H3,(H,13,14);5-6H,1-4H3;4-7H,1-3H3;5-7H,1-4H3;4-7H,1-3H3,(H2,12,13);2*1H4. The first-order valence-corrected chi connectivity index (χ1v) is 25.5. The van der Waals surface area contributed by atoms with E-state index >= 15 is 0 Å². The number of halogens is 2. The van der Waals surface area contributed by atoms with Gasteiger partial charge in [0.1, 0.15) is 40.9 Å². The molecule has 10 aromatic rings. The Hall–Kier alpha value is -6.52. The van der Waals surface area contributed by atoms with Crippen LogP contribution in [-0.2, 0) is 27.7 Å². The molecular formula is C58H82BrClN14O. The highest BCUT2D eigenvalue weighted by Crippen LogP contribution is 2.32. The molecule has 0 bridgehead atoms. The van der Waals surface area contributed by atoms with Crippen LogP contribution in [-0.4, -0.2) is 71.9 Å². The fraction of sp³-hybridized carbons (Fsp3) is 0.431. The predicted molar refractivity (Wildman–Crippen MR) is 321 cm³/mol. The quantitative estimate of drug-likeness (QED) is 0.170. The zero-order valence-corrected chi connectivity index (χ0v) is 48.3. The number of fused-ring (bicyclic) bond motifs is 5.